The Hall–Kier alpha value is -1.05. The van der Waals surface area contributed by atoms with E-state index in [1.165, 1.54) is 6.92 Å². The van der Waals surface area contributed by atoms with Gasteiger partial charge < -0.3 is 69.9 Å². The molecule has 0 aromatic heterocycles. The van der Waals surface area contributed by atoms with Crippen molar-refractivity contribution < 1.29 is 69.3 Å². The largest absolute Gasteiger partial charge is 0.394 e. The number of nitrogens with one attached hydrogen (secondary N) is 1. The molecule has 0 saturated carbocycles. The molecule has 14 atom stereocenters. The second kappa shape index (κ2) is 12.0. The van der Waals surface area contributed by atoms with Crippen LogP contribution in [0.25, 0.3) is 0 Å². The van der Waals surface area contributed by atoms with Gasteiger partial charge in [-0.15, -0.1) is 0 Å². The zero-order chi connectivity index (χ0) is 26.0. The van der Waals surface area contributed by atoms with E-state index < -0.39 is 105 Å². The van der Waals surface area contributed by atoms with Crippen molar-refractivity contribution in [3.63, 3.8) is 0 Å². The number of rotatable bonds is 7. The summed E-state index contributed by atoms with van der Waals surface area (Å²) in [5, 5.41) is 82.9. The standard InChI is InChI=1S/C20H35NO14/c1-6-13(26)8(25)3-11(31-6)34-17-10(5-23)32-19(30)12(21-7(2)24)18(17)35-20-16(29)15(28)14(27)9(4-22)33-20/h6,8-20,22-23,25-30H,3-5H2,1-2H3,(H,21,24)/t6-,8-,9+,10+,11-,12+,13+,14-,15-,16+,17+,18+,19+,20-/m0/s1. The first-order chi connectivity index (χ1) is 16.5. The van der Waals surface area contributed by atoms with Gasteiger partial charge in [-0.05, 0) is 6.92 Å². The van der Waals surface area contributed by atoms with Crippen LogP contribution < -0.4 is 5.32 Å². The van der Waals surface area contributed by atoms with Gasteiger partial charge in [-0.1, -0.05) is 0 Å². The Kier molecular flexibility index (Phi) is 9.78. The average molecular weight is 513 g/mol. The smallest absolute Gasteiger partial charge is 0.217 e. The third-order valence-corrected chi connectivity index (χ3v) is 6.34. The second-order valence-electron chi connectivity index (χ2n) is 8.94. The van der Waals surface area contributed by atoms with Gasteiger partial charge in [0.1, 0.15) is 54.9 Å². The minimum atomic E-state index is -1.80. The number of hydrogen-bond acceptors (Lipinski definition) is 14. The molecule has 15 heteroatoms. The third-order valence-electron chi connectivity index (χ3n) is 6.34. The van der Waals surface area contributed by atoms with Crippen molar-refractivity contribution in [1.82, 2.24) is 5.32 Å². The van der Waals surface area contributed by atoms with E-state index in [9.17, 15) is 45.6 Å². The fraction of sp³-hybridized carbons (Fsp3) is 0.950. The highest BCUT2D eigenvalue weighted by Gasteiger charge is 2.53. The van der Waals surface area contributed by atoms with Crippen LogP contribution in [0.3, 0.4) is 0 Å². The Bertz CT molecular complexity index is 687. The summed E-state index contributed by atoms with van der Waals surface area (Å²) in [6.07, 6.45) is -18.3. The van der Waals surface area contributed by atoms with Crippen molar-refractivity contribution in [3.8, 4) is 0 Å². The highest BCUT2D eigenvalue weighted by atomic mass is 16.7. The number of carbonyl (C=O) groups is 1. The molecule has 3 saturated heterocycles. The lowest BCUT2D eigenvalue weighted by atomic mass is 9.94. The van der Waals surface area contributed by atoms with E-state index in [2.05, 4.69) is 5.32 Å². The SMILES string of the molecule is CC(=O)N[C@@H]1[C@@H](O[C@@H]2O[C@H](CO)[C@H](O)[C@H](O)[C@H]2O)[C@H](O[C@H]2C[C@H](O)[C@H](O)[C@H](C)O2)[C@@H](CO)O[C@H]1O. The summed E-state index contributed by atoms with van der Waals surface area (Å²) in [5.74, 6) is -0.595. The van der Waals surface area contributed by atoms with Crippen LogP contribution in [-0.2, 0) is 28.5 Å². The number of aliphatic hydroxyl groups excluding tert-OH is 8. The van der Waals surface area contributed by atoms with E-state index in [1.807, 2.05) is 0 Å². The predicted octanol–water partition coefficient (Wildman–Crippen LogP) is -5.37. The molecule has 3 aliphatic heterocycles. The van der Waals surface area contributed by atoms with E-state index in [1.54, 1.807) is 0 Å². The van der Waals surface area contributed by atoms with Crippen LogP contribution in [-0.4, -0.2) is 146 Å². The zero-order valence-corrected chi connectivity index (χ0v) is 19.2. The van der Waals surface area contributed by atoms with E-state index in [0.717, 1.165) is 6.92 Å². The zero-order valence-electron chi connectivity index (χ0n) is 19.2. The van der Waals surface area contributed by atoms with Gasteiger partial charge >= 0.3 is 0 Å². The van der Waals surface area contributed by atoms with E-state index in [0.29, 0.717) is 0 Å². The van der Waals surface area contributed by atoms with Gasteiger partial charge in [-0.2, -0.15) is 0 Å². The Morgan fingerprint density at radius 1 is 0.857 bits per heavy atom. The second-order valence-corrected chi connectivity index (χ2v) is 8.94. The quantitative estimate of drug-likeness (QED) is 0.155. The lowest BCUT2D eigenvalue weighted by molar-refractivity contribution is -0.361. The number of aliphatic hydroxyl groups is 8. The molecule has 35 heavy (non-hydrogen) atoms. The van der Waals surface area contributed by atoms with Crippen molar-refractivity contribution in [2.45, 2.75) is 106 Å². The van der Waals surface area contributed by atoms with Gasteiger partial charge in [0.15, 0.2) is 18.9 Å². The minimum absolute atomic E-state index is 0.166. The van der Waals surface area contributed by atoms with Crippen molar-refractivity contribution in [3.05, 3.63) is 0 Å². The molecule has 0 aromatic carbocycles. The van der Waals surface area contributed by atoms with Crippen molar-refractivity contribution in [2.24, 2.45) is 0 Å². The number of ether oxygens (including phenoxy) is 5. The van der Waals surface area contributed by atoms with Crippen LogP contribution in [0.15, 0.2) is 0 Å². The number of hydrogen-bond donors (Lipinski definition) is 9. The molecule has 0 aliphatic carbocycles. The molecule has 3 fully saturated rings. The van der Waals surface area contributed by atoms with Gasteiger partial charge in [0.2, 0.25) is 5.91 Å². The summed E-state index contributed by atoms with van der Waals surface area (Å²) in [7, 11) is 0. The maximum Gasteiger partial charge on any atom is 0.217 e. The molecule has 0 unspecified atom stereocenters. The van der Waals surface area contributed by atoms with Crippen LogP contribution in [0.4, 0.5) is 0 Å². The molecule has 1 amide bonds. The average Bonchev–Trinajstić information content (AvgIpc) is 2.80. The molecular weight excluding hydrogens is 478 g/mol. The van der Waals surface area contributed by atoms with Crippen LogP contribution >= 0.6 is 0 Å². The number of carbonyl (C=O) groups excluding carboxylic acids is 1. The summed E-state index contributed by atoms with van der Waals surface area (Å²) in [4.78, 5) is 11.8. The minimum Gasteiger partial charge on any atom is -0.394 e. The van der Waals surface area contributed by atoms with Crippen LogP contribution in [0.2, 0.25) is 0 Å². The van der Waals surface area contributed by atoms with Crippen molar-refractivity contribution >= 4 is 5.91 Å². The molecule has 204 valence electrons. The van der Waals surface area contributed by atoms with E-state index >= 15 is 0 Å². The van der Waals surface area contributed by atoms with Gasteiger partial charge in [0.05, 0.1) is 25.4 Å². The van der Waals surface area contributed by atoms with Gasteiger partial charge in [-0.25, -0.2) is 0 Å². The first-order valence-corrected chi connectivity index (χ1v) is 11.3. The van der Waals surface area contributed by atoms with Gasteiger partial charge in [0, 0.05) is 13.3 Å². The Morgan fingerprint density at radius 2 is 1.51 bits per heavy atom. The summed E-state index contributed by atoms with van der Waals surface area (Å²) >= 11 is 0. The summed E-state index contributed by atoms with van der Waals surface area (Å²) in [6.45, 7) is 1.27. The summed E-state index contributed by atoms with van der Waals surface area (Å²) < 4.78 is 28.1. The highest BCUT2D eigenvalue weighted by molar-refractivity contribution is 5.73. The summed E-state index contributed by atoms with van der Waals surface area (Å²) in [6, 6.07) is -1.33. The molecule has 0 spiro atoms. The molecule has 9 N–H and O–H groups in total. The van der Waals surface area contributed by atoms with Crippen molar-refractivity contribution in [2.75, 3.05) is 13.2 Å². The Labute approximate surface area is 200 Å². The summed E-state index contributed by atoms with van der Waals surface area (Å²) in [5.41, 5.74) is 0. The molecule has 3 heterocycles. The first kappa shape index (κ1) is 28.5. The van der Waals surface area contributed by atoms with Crippen LogP contribution in [0.1, 0.15) is 20.3 Å². The predicted molar refractivity (Wildman–Crippen MR) is 110 cm³/mol. The monoisotopic (exact) mass is 513 g/mol. The Morgan fingerprint density at radius 3 is 2.09 bits per heavy atom. The molecule has 0 aromatic rings. The highest BCUT2D eigenvalue weighted by Crippen LogP contribution is 2.32. The van der Waals surface area contributed by atoms with E-state index in [4.69, 9.17) is 23.7 Å². The van der Waals surface area contributed by atoms with Gasteiger partial charge in [-0.3, -0.25) is 4.79 Å². The maximum atomic E-state index is 11.8. The van der Waals surface area contributed by atoms with Crippen LogP contribution in [0, 0.1) is 0 Å². The molecule has 15 nitrogen and oxygen atoms in total. The lowest BCUT2D eigenvalue weighted by Crippen LogP contribution is -2.68. The first-order valence-electron chi connectivity index (χ1n) is 11.3. The molecule has 0 radical (unpaired) electrons. The molecular formula is C20H35NO14. The fourth-order valence-electron chi connectivity index (χ4n) is 4.40. The number of amides is 1. The lowest BCUT2D eigenvalue weighted by Gasteiger charge is -2.48. The van der Waals surface area contributed by atoms with Crippen LogP contribution in [0.5, 0.6) is 0 Å². The Balaban J connectivity index is 1.89. The molecule has 0 bridgehead atoms. The maximum absolute atomic E-state index is 11.8. The van der Waals surface area contributed by atoms with Crippen molar-refractivity contribution in [1.29, 1.82) is 0 Å². The topological polar surface area (TPSA) is 237 Å². The van der Waals surface area contributed by atoms with E-state index in [-0.39, 0.29) is 6.42 Å². The normalized spacial score (nSPS) is 49.0. The third kappa shape index (κ3) is 6.27. The van der Waals surface area contributed by atoms with Gasteiger partial charge in [0.25, 0.3) is 0 Å². The molecule has 3 rings (SSSR count). The fourth-order valence-corrected chi connectivity index (χ4v) is 4.40. The molecule has 3 aliphatic rings.